The van der Waals surface area contributed by atoms with Crippen LogP contribution in [0.3, 0.4) is 0 Å². The largest absolute Gasteiger partial charge is 0.370 e. The van der Waals surface area contributed by atoms with Gasteiger partial charge in [0.1, 0.15) is 12.3 Å². The second kappa shape index (κ2) is 7.20. The number of nitrogens with zero attached hydrogens (tertiary/aromatic N) is 1. The third-order valence-corrected chi connectivity index (χ3v) is 1.94. The van der Waals surface area contributed by atoms with E-state index in [0.717, 1.165) is 0 Å². The Morgan fingerprint density at radius 1 is 1.39 bits per heavy atom. The molecule has 0 fully saturated rings. The number of primary amides is 1. The van der Waals surface area contributed by atoms with E-state index in [9.17, 15) is 9.59 Å². The fraction of sp³-hybridized carbons (Fsp3) is 0.300. The number of hydrogen-bond acceptors (Lipinski definition) is 6. The molecular weight excluding hydrogens is 238 g/mol. The Kier molecular flexibility index (Phi) is 5.55. The van der Waals surface area contributed by atoms with Gasteiger partial charge in [0.15, 0.2) is 0 Å². The van der Waals surface area contributed by atoms with Crippen molar-refractivity contribution in [2.24, 2.45) is 11.6 Å². The summed E-state index contributed by atoms with van der Waals surface area (Å²) in [7, 11) is 0. The molecule has 0 saturated heterocycles. The zero-order valence-electron chi connectivity index (χ0n) is 9.68. The minimum Gasteiger partial charge on any atom is -0.370 e. The molecule has 0 saturated carbocycles. The van der Waals surface area contributed by atoms with Crippen LogP contribution in [0.5, 0.6) is 0 Å². The van der Waals surface area contributed by atoms with Gasteiger partial charge >= 0.3 is 0 Å². The van der Waals surface area contributed by atoms with Crippen LogP contribution >= 0.6 is 0 Å². The number of nitrogen functional groups attached to an aromatic ring is 1. The molecule has 0 aromatic carbocycles. The number of ether oxygens (including phenoxy) is 1. The van der Waals surface area contributed by atoms with E-state index in [0.29, 0.717) is 5.69 Å². The smallest absolute Gasteiger partial charge is 0.269 e. The fourth-order valence-electron chi connectivity index (χ4n) is 1.11. The molecule has 8 heteroatoms. The summed E-state index contributed by atoms with van der Waals surface area (Å²) in [5.41, 5.74) is 8.16. The Morgan fingerprint density at radius 3 is 2.72 bits per heavy atom. The van der Waals surface area contributed by atoms with Crippen molar-refractivity contribution >= 4 is 17.5 Å². The Morgan fingerprint density at radius 2 is 2.17 bits per heavy atom. The summed E-state index contributed by atoms with van der Waals surface area (Å²) in [5.74, 6) is 4.29. The van der Waals surface area contributed by atoms with Crippen LogP contribution in [0.4, 0.5) is 5.69 Å². The lowest BCUT2D eigenvalue weighted by Crippen LogP contribution is -2.29. The summed E-state index contributed by atoms with van der Waals surface area (Å²) in [6.45, 7) is 0.312. The van der Waals surface area contributed by atoms with Gasteiger partial charge in [0, 0.05) is 6.54 Å². The van der Waals surface area contributed by atoms with Crippen LogP contribution in [-0.2, 0) is 9.53 Å². The highest BCUT2D eigenvalue weighted by Gasteiger charge is 2.05. The van der Waals surface area contributed by atoms with Gasteiger partial charge in [-0.3, -0.25) is 15.4 Å². The number of carbonyl (C=O) groups excluding carboxylic acids is 2. The van der Waals surface area contributed by atoms with Gasteiger partial charge in [0.25, 0.3) is 5.91 Å². The molecule has 0 atom stereocenters. The van der Waals surface area contributed by atoms with Crippen LogP contribution < -0.4 is 22.3 Å². The molecule has 0 unspecified atom stereocenters. The first-order valence-corrected chi connectivity index (χ1v) is 5.20. The van der Waals surface area contributed by atoms with E-state index in [4.69, 9.17) is 16.3 Å². The van der Waals surface area contributed by atoms with Crippen molar-refractivity contribution in [2.75, 3.05) is 25.2 Å². The summed E-state index contributed by atoms with van der Waals surface area (Å²) in [5, 5.41) is 2.58. The van der Waals surface area contributed by atoms with Crippen LogP contribution in [0.15, 0.2) is 18.3 Å². The summed E-state index contributed by atoms with van der Waals surface area (Å²) in [6, 6.07) is 3.17. The van der Waals surface area contributed by atoms with Crippen LogP contribution in [0.1, 0.15) is 10.5 Å². The van der Waals surface area contributed by atoms with Gasteiger partial charge in [-0.15, -0.1) is 0 Å². The maximum Gasteiger partial charge on any atom is 0.269 e. The number of pyridine rings is 1. The van der Waals surface area contributed by atoms with Gasteiger partial charge in [0.2, 0.25) is 5.91 Å². The van der Waals surface area contributed by atoms with Gasteiger partial charge in [-0.2, -0.15) is 0 Å². The minimum atomic E-state index is -0.548. The summed E-state index contributed by atoms with van der Waals surface area (Å²) < 4.78 is 4.88. The lowest BCUT2D eigenvalue weighted by Gasteiger charge is -2.05. The van der Waals surface area contributed by atoms with E-state index in [-0.39, 0.29) is 31.4 Å². The van der Waals surface area contributed by atoms with Gasteiger partial charge in [-0.05, 0) is 12.1 Å². The molecule has 0 aliphatic carbocycles. The number of hydrazine groups is 1. The molecule has 1 aromatic heterocycles. The van der Waals surface area contributed by atoms with E-state index in [1.807, 2.05) is 0 Å². The van der Waals surface area contributed by atoms with Crippen molar-refractivity contribution in [1.82, 2.24) is 10.3 Å². The van der Waals surface area contributed by atoms with Crippen molar-refractivity contribution in [3.63, 3.8) is 0 Å². The van der Waals surface area contributed by atoms with E-state index in [1.54, 1.807) is 6.07 Å². The van der Waals surface area contributed by atoms with Crippen LogP contribution in [0.2, 0.25) is 0 Å². The third-order valence-electron chi connectivity index (χ3n) is 1.94. The number of nitrogens with one attached hydrogen (secondary N) is 2. The third kappa shape index (κ3) is 4.76. The summed E-state index contributed by atoms with van der Waals surface area (Å²) >= 11 is 0. The maximum atomic E-state index is 11.6. The molecule has 98 valence electrons. The number of nitrogens with two attached hydrogens (primary N) is 2. The number of hydrogen-bond donors (Lipinski definition) is 4. The molecule has 1 heterocycles. The first-order chi connectivity index (χ1) is 8.63. The van der Waals surface area contributed by atoms with Crippen LogP contribution in [0.25, 0.3) is 0 Å². The number of amides is 2. The number of aromatic nitrogens is 1. The molecule has 2 amide bonds. The first-order valence-electron chi connectivity index (χ1n) is 5.20. The standard InChI is InChI=1S/C10H15N5O3/c11-9(16)6-18-4-3-13-10(17)8-2-1-7(15-12)5-14-8/h1-2,5,15H,3-4,6,12H2,(H2,11,16)(H,13,17). The highest BCUT2D eigenvalue weighted by atomic mass is 16.5. The predicted octanol–water partition coefficient (Wildman–Crippen LogP) is -1.40. The maximum absolute atomic E-state index is 11.6. The lowest BCUT2D eigenvalue weighted by atomic mass is 10.3. The highest BCUT2D eigenvalue weighted by molar-refractivity contribution is 5.92. The molecular formula is C10H15N5O3. The monoisotopic (exact) mass is 253 g/mol. The summed E-state index contributed by atoms with van der Waals surface area (Å²) in [6.07, 6.45) is 1.44. The fourth-order valence-corrected chi connectivity index (χ4v) is 1.11. The molecule has 0 aliphatic heterocycles. The quantitative estimate of drug-likeness (QED) is 0.268. The highest BCUT2D eigenvalue weighted by Crippen LogP contribution is 2.03. The predicted molar refractivity (Wildman–Crippen MR) is 64.4 cm³/mol. The van der Waals surface area contributed by atoms with Crippen molar-refractivity contribution in [1.29, 1.82) is 0 Å². The second-order valence-electron chi connectivity index (χ2n) is 3.35. The SMILES string of the molecule is NNc1ccc(C(=O)NCCOCC(N)=O)nc1. The normalized spacial score (nSPS) is 9.83. The van der Waals surface area contributed by atoms with Gasteiger partial charge in [0.05, 0.1) is 18.5 Å². The molecule has 0 spiro atoms. The molecule has 1 rings (SSSR count). The Labute approximate surface area is 104 Å². The lowest BCUT2D eigenvalue weighted by molar-refractivity contribution is -0.122. The van der Waals surface area contributed by atoms with Crippen molar-refractivity contribution in [2.45, 2.75) is 0 Å². The number of anilines is 1. The van der Waals surface area contributed by atoms with E-state index < -0.39 is 5.91 Å². The molecule has 8 nitrogen and oxygen atoms in total. The number of rotatable bonds is 7. The second-order valence-corrected chi connectivity index (χ2v) is 3.35. The zero-order valence-corrected chi connectivity index (χ0v) is 9.68. The molecule has 18 heavy (non-hydrogen) atoms. The Hall–Kier alpha value is -2.19. The average molecular weight is 253 g/mol. The van der Waals surface area contributed by atoms with Crippen molar-refractivity contribution < 1.29 is 14.3 Å². The molecule has 0 radical (unpaired) electrons. The van der Waals surface area contributed by atoms with E-state index >= 15 is 0 Å². The summed E-state index contributed by atoms with van der Waals surface area (Å²) in [4.78, 5) is 25.8. The molecule has 0 bridgehead atoms. The molecule has 1 aromatic rings. The van der Waals surface area contributed by atoms with E-state index in [2.05, 4.69) is 15.7 Å². The molecule has 0 aliphatic rings. The Balaban J connectivity index is 2.29. The number of carbonyl (C=O) groups is 2. The van der Waals surface area contributed by atoms with Crippen LogP contribution in [-0.4, -0.2) is 36.6 Å². The van der Waals surface area contributed by atoms with Gasteiger partial charge in [-0.1, -0.05) is 0 Å². The zero-order chi connectivity index (χ0) is 13.4. The van der Waals surface area contributed by atoms with Crippen LogP contribution in [0, 0.1) is 0 Å². The van der Waals surface area contributed by atoms with E-state index in [1.165, 1.54) is 12.3 Å². The topological polar surface area (TPSA) is 132 Å². The van der Waals surface area contributed by atoms with Crippen molar-refractivity contribution in [3.8, 4) is 0 Å². The first kappa shape index (κ1) is 13.9. The Bertz CT molecular complexity index is 406. The average Bonchev–Trinajstić information content (AvgIpc) is 2.38. The van der Waals surface area contributed by atoms with Gasteiger partial charge < -0.3 is 21.2 Å². The minimum absolute atomic E-state index is 0.162. The molecule has 6 N–H and O–H groups in total. The van der Waals surface area contributed by atoms with Crippen molar-refractivity contribution in [3.05, 3.63) is 24.0 Å². The van der Waals surface area contributed by atoms with Gasteiger partial charge in [-0.25, -0.2) is 4.98 Å².